The van der Waals surface area contributed by atoms with E-state index in [1.807, 2.05) is 0 Å². The molecule has 6 heteroatoms. The summed E-state index contributed by atoms with van der Waals surface area (Å²) >= 11 is 0. The third-order valence-corrected chi connectivity index (χ3v) is 3.06. The smallest absolute Gasteiger partial charge is 0.325 e. The largest absolute Gasteiger partial charge is 0.497 e. The van der Waals surface area contributed by atoms with Crippen LogP contribution in [0, 0.1) is 0 Å². The Balaban J connectivity index is 2.13. The number of nitrogens with zero attached hydrogens (tertiary/aromatic N) is 1. The highest BCUT2D eigenvalue weighted by molar-refractivity contribution is 6.04. The fraction of sp³-hybridized carbons (Fsp3) is 0.385. The van der Waals surface area contributed by atoms with Gasteiger partial charge in [0.05, 0.1) is 7.11 Å². The number of urea groups is 1. The van der Waals surface area contributed by atoms with Crippen LogP contribution in [-0.4, -0.2) is 37.0 Å². The van der Waals surface area contributed by atoms with E-state index in [2.05, 4.69) is 5.32 Å². The average Bonchev–Trinajstić information content (AvgIpc) is 2.72. The number of hydrogen-bond donors (Lipinski definition) is 2. The van der Waals surface area contributed by atoms with Crippen LogP contribution in [0.5, 0.6) is 5.75 Å². The molecule has 0 bridgehead atoms. The van der Waals surface area contributed by atoms with Crippen molar-refractivity contribution in [2.24, 2.45) is 5.73 Å². The van der Waals surface area contributed by atoms with Crippen molar-refractivity contribution in [2.75, 3.05) is 20.2 Å². The molecule has 2 rings (SSSR count). The molecule has 1 aromatic rings. The maximum absolute atomic E-state index is 12.1. The second kappa shape index (κ2) is 5.71. The van der Waals surface area contributed by atoms with E-state index >= 15 is 0 Å². The Labute approximate surface area is 111 Å². The number of nitrogens with one attached hydrogen (secondary N) is 1. The van der Waals surface area contributed by atoms with Crippen molar-refractivity contribution in [2.45, 2.75) is 12.5 Å². The summed E-state index contributed by atoms with van der Waals surface area (Å²) in [5.74, 6) is 0.476. The number of methoxy groups -OCH3 is 1. The Morgan fingerprint density at radius 1 is 1.32 bits per heavy atom. The van der Waals surface area contributed by atoms with Crippen molar-refractivity contribution >= 4 is 11.9 Å². The van der Waals surface area contributed by atoms with Crippen molar-refractivity contribution in [1.82, 2.24) is 10.2 Å². The topological polar surface area (TPSA) is 84.7 Å². The molecule has 1 aliphatic rings. The van der Waals surface area contributed by atoms with Gasteiger partial charge in [0.1, 0.15) is 11.8 Å². The van der Waals surface area contributed by atoms with Gasteiger partial charge in [0, 0.05) is 6.54 Å². The van der Waals surface area contributed by atoms with Gasteiger partial charge < -0.3 is 15.8 Å². The maximum Gasteiger partial charge on any atom is 0.325 e. The number of ether oxygens (including phenoxy) is 1. The van der Waals surface area contributed by atoms with Crippen LogP contribution in [0.1, 0.15) is 18.0 Å². The summed E-state index contributed by atoms with van der Waals surface area (Å²) in [5, 5.41) is 2.67. The fourth-order valence-electron chi connectivity index (χ4n) is 2.00. The van der Waals surface area contributed by atoms with Gasteiger partial charge in [0.15, 0.2) is 0 Å². The summed E-state index contributed by atoms with van der Waals surface area (Å²) in [6.07, 6.45) is 0.606. The molecule has 1 saturated heterocycles. The monoisotopic (exact) mass is 263 g/mol. The minimum atomic E-state index is -0.615. The summed E-state index contributed by atoms with van der Waals surface area (Å²) in [5.41, 5.74) is 6.14. The lowest BCUT2D eigenvalue weighted by atomic mass is 10.1. The number of rotatable bonds is 5. The molecule has 0 radical (unpaired) electrons. The molecule has 1 aliphatic heterocycles. The van der Waals surface area contributed by atoms with Gasteiger partial charge in [-0.25, -0.2) is 4.79 Å². The molecule has 1 heterocycles. The average molecular weight is 263 g/mol. The van der Waals surface area contributed by atoms with E-state index in [0.29, 0.717) is 25.3 Å². The number of carbonyl (C=O) groups is 2. The van der Waals surface area contributed by atoms with Gasteiger partial charge in [-0.3, -0.25) is 9.69 Å². The van der Waals surface area contributed by atoms with Gasteiger partial charge in [-0.1, -0.05) is 12.1 Å². The number of hydrogen-bond acceptors (Lipinski definition) is 4. The lowest BCUT2D eigenvalue weighted by Crippen LogP contribution is -2.32. The quantitative estimate of drug-likeness (QED) is 0.763. The lowest BCUT2D eigenvalue weighted by Gasteiger charge is -2.12. The molecule has 102 valence electrons. The lowest BCUT2D eigenvalue weighted by molar-refractivity contribution is -0.127. The second-order valence-electron chi connectivity index (χ2n) is 4.29. The molecular formula is C13H17N3O3. The Kier molecular flexibility index (Phi) is 4.01. The van der Waals surface area contributed by atoms with Gasteiger partial charge in [-0.2, -0.15) is 0 Å². The SMILES string of the molecule is COc1ccc(C2NC(=O)N(CCCN)C2=O)cc1. The predicted octanol–water partition coefficient (Wildman–Crippen LogP) is 0.637. The van der Waals surface area contributed by atoms with Gasteiger partial charge in [-0.05, 0) is 30.7 Å². The van der Waals surface area contributed by atoms with Gasteiger partial charge >= 0.3 is 6.03 Å². The normalized spacial score (nSPS) is 18.6. The van der Waals surface area contributed by atoms with Crippen LogP contribution in [0.2, 0.25) is 0 Å². The minimum absolute atomic E-state index is 0.233. The summed E-state index contributed by atoms with van der Waals surface area (Å²) in [6.45, 7) is 0.804. The fourth-order valence-corrected chi connectivity index (χ4v) is 2.00. The molecule has 1 unspecified atom stereocenters. The van der Waals surface area contributed by atoms with Crippen molar-refractivity contribution in [1.29, 1.82) is 0 Å². The first-order valence-corrected chi connectivity index (χ1v) is 6.13. The molecule has 6 nitrogen and oxygen atoms in total. The van der Waals surface area contributed by atoms with Crippen molar-refractivity contribution in [3.05, 3.63) is 29.8 Å². The van der Waals surface area contributed by atoms with Crippen LogP contribution < -0.4 is 15.8 Å². The summed E-state index contributed by atoms with van der Waals surface area (Å²) in [7, 11) is 1.58. The number of amides is 3. The zero-order chi connectivity index (χ0) is 13.8. The van der Waals surface area contributed by atoms with E-state index in [9.17, 15) is 9.59 Å². The highest BCUT2D eigenvalue weighted by atomic mass is 16.5. The molecule has 0 saturated carbocycles. The zero-order valence-corrected chi connectivity index (χ0v) is 10.8. The third kappa shape index (κ3) is 2.68. The minimum Gasteiger partial charge on any atom is -0.497 e. The molecule has 1 aromatic carbocycles. The standard InChI is InChI=1S/C13H17N3O3/c1-19-10-5-3-9(4-6-10)11-12(17)16(8-2-7-14)13(18)15-11/h3-6,11H,2,7-8,14H2,1H3,(H,15,18). The molecule has 3 amide bonds. The van der Waals surface area contributed by atoms with Gasteiger partial charge in [-0.15, -0.1) is 0 Å². The van der Waals surface area contributed by atoms with Crippen LogP contribution in [0.15, 0.2) is 24.3 Å². The van der Waals surface area contributed by atoms with Crippen LogP contribution >= 0.6 is 0 Å². The highest BCUT2D eigenvalue weighted by Crippen LogP contribution is 2.23. The Bertz CT molecular complexity index is 473. The Morgan fingerprint density at radius 2 is 2.00 bits per heavy atom. The molecule has 0 aliphatic carbocycles. The number of imide groups is 1. The Hall–Kier alpha value is -2.08. The Morgan fingerprint density at radius 3 is 2.58 bits per heavy atom. The predicted molar refractivity (Wildman–Crippen MR) is 69.7 cm³/mol. The van der Waals surface area contributed by atoms with E-state index in [-0.39, 0.29) is 11.9 Å². The summed E-state index contributed by atoms with van der Waals surface area (Å²) in [6, 6.07) is 6.09. The van der Waals surface area contributed by atoms with Gasteiger partial charge in [0.2, 0.25) is 0 Å². The first-order valence-electron chi connectivity index (χ1n) is 6.13. The van der Waals surface area contributed by atoms with Crippen LogP contribution in [0.4, 0.5) is 4.79 Å². The first kappa shape index (κ1) is 13.4. The number of carbonyl (C=O) groups excluding carboxylic acids is 2. The van der Waals surface area contributed by atoms with Crippen molar-refractivity contribution < 1.29 is 14.3 Å². The number of benzene rings is 1. The van der Waals surface area contributed by atoms with Gasteiger partial charge in [0.25, 0.3) is 5.91 Å². The van der Waals surface area contributed by atoms with Crippen molar-refractivity contribution in [3.63, 3.8) is 0 Å². The van der Waals surface area contributed by atoms with Crippen LogP contribution in [0.3, 0.4) is 0 Å². The van der Waals surface area contributed by atoms with Crippen LogP contribution in [-0.2, 0) is 4.79 Å². The molecule has 1 fully saturated rings. The van der Waals surface area contributed by atoms with E-state index < -0.39 is 6.04 Å². The summed E-state index contributed by atoms with van der Waals surface area (Å²) in [4.78, 5) is 25.1. The zero-order valence-electron chi connectivity index (χ0n) is 10.8. The maximum atomic E-state index is 12.1. The highest BCUT2D eigenvalue weighted by Gasteiger charge is 2.38. The molecular weight excluding hydrogens is 246 g/mol. The van der Waals surface area contributed by atoms with E-state index in [1.165, 1.54) is 4.90 Å². The van der Waals surface area contributed by atoms with E-state index in [1.54, 1.807) is 31.4 Å². The molecule has 0 aromatic heterocycles. The number of nitrogens with two attached hydrogens (primary N) is 1. The van der Waals surface area contributed by atoms with Crippen LogP contribution in [0.25, 0.3) is 0 Å². The van der Waals surface area contributed by atoms with Crippen molar-refractivity contribution in [3.8, 4) is 5.75 Å². The summed E-state index contributed by atoms with van der Waals surface area (Å²) < 4.78 is 5.06. The first-order chi connectivity index (χ1) is 9.17. The van der Waals surface area contributed by atoms with E-state index in [4.69, 9.17) is 10.5 Å². The third-order valence-electron chi connectivity index (χ3n) is 3.06. The molecule has 3 N–H and O–H groups in total. The molecule has 19 heavy (non-hydrogen) atoms. The molecule has 0 spiro atoms. The van der Waals surface area contributed by atoms with E-state index in [0.717, 1.165) is 5.56 Å². The molecule has 1 atom stereocenters. The second-order valence-corrected chi connectivity index (χ2v) is 4.29.